The summed E-state index contributed by atoms with van der Waals surface area (Å²) >= 11 is 0. The maximum Gasteiger partial charge on any atom is 0.0783 e. The molecule has 0 bridgehead atoms. The highest BCUT2D eigenvalue weighted by atomic mass is 31.0. The van der Waals surface area contributed by atoms with Crippen LogP contribution in [0.4, 0.5) is 0 Å². The molecule has 0 aliphatic carbocycles. The van der Waals surface area contributed by atoms with E-state index in [0.717, 1.165) is 0 Å². The van der Waals surface area contributed by atoms with Crippen LogP contribution in [-0.4, -0.2) is 51.2 Å². The zero-order valence-electron chi connectivity index (χ0n) is 15.3. The minimum absolute atomic E-state index is 0.255. The first-order chi connectivity index (χ1) is 9.56. The molecule has 22 heavy (non-hydrogen) atoms. The van der Waals surface area contributed by atoms with Crippen LogP contribution < -0.4 is 0 Å². The molecule has 0 aromatic carbocycles. The minimum Gasteiger partial charge on any atom is -0.391 e. The molecule has 5 unspecified atom stereocenters. The topological polar surface area (TPSA) is 58.9 Å². The zero-order chi connectivity index (χ0) is 17.8. The highest BCUT2D eigenvalue weighted by Gasteiger charge is 2.40. The molecule has 0 saturated carbocycles. The average molecular weight is 354 g/mol. The maximum absolute atomic E-state index is 10.2. The average Bonchev–Trinajstić information content (AvgIpc) is 2.22. The maximum atomic E-state index is 10.2. The van der Waals surface area contributed by atoms with E-state index in [-0.39, 0.29) is 10.8 Å². The standard InChI is InChI=1S/C16H36O4P2/c1-13(2,3)20-11-12(17)10-15(6,21)14(4,5)19-9-8-16(7,18)22/h12,17-18H,8-11,21-22H2,1-7H3. The van der Waals surface area contributed by atoms with Crippen molar-refractivity contribution in [1.82, 2.24) is 0 Å². The van der Waals surface area contributed by atoms with Gasteiger partial charge < -0.3 is 19.7 Å². The molecule has 0 saturated heterocycles. The van der Waals surface area contributed by atoms with E-state index in [4.69, 9.17) is 9.47 Å². The van der Waals surface area contributed by atoms with Crippen molar-refractivity contribution in [2.45, 2.75) is 89.1 Å². The summed E-state index contributed by atoms with van der Waals surface area (Å²) in [6, 6.07) is 0. The molecule has 2 N–H and O–H groups in total. The quantitative estimate of drug-likeness (QED) is 0.625. The van der Waals surface area contributed by atoms with Crippen molar-refractivity contribution >= 4 is 18.5 Å². The van der Waals surface area contributed by atoms with E-state index < -0.39 is 17.0 Å². The van der Waals surface area contributed by atoms with Gasteiger partial charge in [0, 0.05) is 11.6 Å². The molecular formula is C16H36O4P2. The molecule has 0 aromatic rings. The summed E-state index contributed by atoms with van der Waals surface area (Å²) in [7, 11) is 5.21. The fourth-order valence-corrected chi connectivity index (χ4v) is 2.29. The third-order valence-electron chi connectivity index (χ3n) is 3.81. The SMILES string of the molecule is CC(O)(P)CCOC(C)(C)C(C)(P)CC(O)COC(C)(C)C. The summed E-state index contributed by atoms with van der Waals surface area (Å²) in [5.41, 5.74) is -0.703. The first kappa shape index (κ1) is 22.7. The molecule has 0 heterocycles. The van der Waals surface area contributed by atoms with E-state index >= 15 is 0 Å². The van der Waals surface area contributed by atoms with Gasteiger partial charge in [0.25, 0.3) is 0 Å². The Morgan fingerprint density at radius 3 is 1.86 bits per heavy atom. The van der Waals surface area contributed by atoms with Crippen LogP contribution in [0.1, 0.15) is 61.3 Å². The molecule has 0 aliphatic rings. The fraction of sp³-hybridized carbons (Fsp3) is 1.00. The number of aliphatic hydroxyl groups excluding tert-OH is 1. The van der Waals surface area contributed by atoms with Crippen molar-refractivity contribution in [3.63, 3.8) is 0 Å². The second-order valence-corrected chi connectivity index (χ2v) is 10.7. The van der Waals surface area contributed by atoms with Gasteiger partial charge in [-0.2, -0.15) is 0 Å². The summed E-state index contributed by atoms with van der Waals surface area (Å²) in [5, 5.41) is 18.8. The Bertz CT molecular complexity index is 330. The molecule has 5 atom stereocenters. The number of hydrogen-bond donors (Lipinski definition) is 2. The van der Waals surface area contributed by atoms with Crippen LogP contribution in [0.2, 0.25) is 0 Å². The number of hydrogen-bond acceptors (Lipinski definition) is 4. The van der Waals surface area contributed by atoms with Gasteiger partial charge in [-0.15, -0.1) is 18.5 Å². The highest BCUT2D eigenvalue weighted by Crippen LogP contribution is 2.39. The van der Waals surface area contributed by atoms with Gasteiger partial charge in [0.15, 0.2) is 0 Å². The van der Waals surface area contributed by atoms with Crippen LogP contribution >= 0.6 is 18.5 Å². The van der Waals surface area contributed by atoms with Crippen molar-refractivity contribution in [1.29, 1.82) is 0 Å². The predicted molar refractivity (Wildman–Crippen MR) is 99.4 cm³/mol. The molecule has 6 heteroatoms. The highest BCUT2D eigenvalue weighted by molar-refractivity contribution is 7.19. The largest absolute Gasteiger partial charge is 0.391 e. The lowest BCUT2D eigenvalue weighted by Crippen LogP contribution is -2.48. The molecule has 0 radical (unpaired) electrons. The lowest BCUT2D eigenvalue weighted by Gasteiger charge is -2.43. The van der Waals surface area contributed by atoms with E-state index in [1.165, 1.54) is 0 Å². The second-order valence-electron chi connectivity index (χ2n) is 8.16. The zero-order valence-corrected chi connectivity index (χ0v) is 17.6. The lowest BCUT2D eigenvalue weighted by atomic mass is 9.86. The van der Waals surface area contributed by atoms with Crippen LogP contribution in [0.5, 0.6) is 0 Å². The van der Waals surface area contributed by atoms with E-state index in [1.54, 1.807) is 6.92 Å². The first-order valence-corrected chi connectivity index (χ1v) is 8.97. The molecule has 4 nitrogen and oxygen atoms in total. The van der Waals surface area contributed by atoms with Crippen LogP contribution in [0.3, 0.4) is 0 Å². The summed E-state index contributed by atoms with van der Waals surface area (Å²) in [5.74, 6) is 0. The van der Waals surface area contributed by atoms with Crippen LogP contribution in [0.25, 0.3) is 0 Å². The smallest absolute Gasteiger partial charge is 0.0783 e. The summed E-state index contributed by atoms with van der Waals surface area (Å²) < 4.78 is 11.6. The van der Waals surface area contributed by atoms with Crippen LogP contribution in [0, 0.1) is 0 Å². The van der Waals surface area contributed by atoms with Gasteiger partial charge >= 0.3 is 0 Å². The number of rotatable bonds is 9. The first-order valence-electron chi connectivity index (χ1n) is 7.82. The second kappa shape index (κ2) is 8.19. The van der Waals surface area contributed by atoms with Gasteiger partial charge in [-0.1, -0.05) is 6.92 Å². The van der Waals surface area contributed by atoms with E-state index in [1.807, 2.05) is 34.6 Å². The molecular weight excluding hydrogens is 318 g/mol. The van der Waals surface area contributed by atoms with Gasteiger partial charge in [-0.3, -0.25) is 0 Å². The van der Waals surface area contributed by atoms with E-state index in [9.17, 15) is 10.2 Å². The molecule has 0 aliphatic heterocycles. The summed E-state index contributed by atoms with van der Waals surface area (Å²) in [6.45, 7) is 14.5. The molecule has 0 aromatic heterocycles. The van der Waals surface area contributed by atoms with Crippen molar-refractivity contribution in [2.75, 3.05) is 13.2 Å². The summed E-state index contributed by atoms with van der Waals surface area (Å²) in [6.07, 6.45) is 0.546. The Labute approximate surface area is 141 Å². The summed E-state index contributed by atoms with van der Waals surface area (Å²) in [4.78, 5) is 0. The Morgan fingerprint density at radius 1 is 0.955 bits per heavy atom. The minimum atomic E-state index is -0.812. The Kier molecular flexibility index (Phi) is 8.45. The molecule has 134 valence electrons. The van der Waals surface area contributed by atoms with Crippen LogP contribution in [0.15, 0.2) is 0 Å². The van der Waals surface area contributed by atoms with Gasteiger partial charge in [0.1, 0.15) is 0 Å². The van der Waals surface area contributed by atoms with Crippen molar-refractivity contribution in [3.8, 4) is 0 Å². The van der Waals surface area contributed by atoms with E-state index in [0.29, 0.717) is 26.1 Å². The van der Waals surface area contributed by atoms with Gasteiger partial charge in [-0.25, -0.2) is 0 Å². The molecule has 0 spiro atoms. The van der Waals surface area contributed by atoms with Gasteiger partial charge in [0.05, 0.1) is 35.9 Å². The van der Waals surface area contributed by atoms with Gasteiger partial charge in [0.2, 0.25) is 0 Å². The third kappa shape index (κ3) is 9.75. The number of ether oxygens (including phenoxy) is 2. The normalized spacial score (nSPS) is 20.3. The monoisotopic (exact) mass is 354 g/mol. The lowest BCUT2D eigenvalue weighted by molar-refractivity contribution is -0.0819. The molecule has 0 amide bonds. The Hall–Kier alpha value is 0.700. The molecule has 0 fully saturated rings. The fourth-order valence-electron chi connectivity index (χ4n) is 1.82. The van der Waals surface area contributed by atoms with Crippen molar-refractivity contribution < 1.29 is 19.7 Å². The Morgan fingerprint density at radius 2 is 1.45 bits per heavy atom. The Balaban J connectivity index is 4.49. The van der Waals surface area contributed by atoms with E-state index in [2.05, 4.69) is 25.4 Å². The van der Waals surface area contributed by atoms with Crippen molar-refractivity contribution in [2.24, 2.45) is 0 Å². The van der Waals surface area contributed by atoms with Crippen molar-refractivity contribution in [3.05, 3.63) is 0 Å². The number of aliphatic hydroxyl groups is 2. The van der Waals surface area contributed by atoms with Gasteiger partial charge in [-0.05, 0) is 48.0 Å². The molecule has 0 rings (SSSR count). The third-order valence-corrected chi connectivity index (χ3v) is 5.03. The van der Waals surface area contributed by atoms with Crippen LogP contribution in [-0.2, 0) is 9.47 Å². The predicted octanol–water partition coefficient (Wildman–Crippen LogP) is 2.96.